The molecule has 1 aromatic heterocycles. The largest absolute Gasteiger partial charge is 0.469 e. The molecule has 1 unspecified atom stereocenters. The Morgan fingerprint density at radius 3 is 3.12 bits per heavy atom. The van der Waals surface area contributed by atoms with Crippen LogP contribution in [0.1, 0.15) is 6.42 Å². The maximum Gasteiger partial charge on any atom is 0.310 e. The molecule has 1 atom stereocenters. The summed E-state index contributed by atoms with van der Waals surface area (Å²) in [5, 5.41) is 0. The number of aromatic nitrogens is 2. The second-order valence-corrected chi connectivity index (χ2v) is 4.11. The minimum atomic E-state index is -0.0786. The first kappa shape index (κ1) is 11.1. The lowest BCUT2D eigenvalue weighted by atomic mass is 10.1. The molecule has 1 aromatic rings. The average Bonchev–Trinajstić information content (AvgIpc) is 2.96. The van der Waals surface area contributed by atoms with Gasteiger partial charge in [-0.1, -0.05) is 0 Å². The summed E-state index contributed by atoms with van der Waals surface area (Å²) in [6, 6.07) is 0. The highest BCUT2D eigenvalue weighted by Gasteiger charge is 2.28. The van der Waals surface area contributed by atoms with Crippen LogP contribution in [0.5, 0.6) is 0 Å². The molecule has 0 N–H and O–H groups in total. The van der Waals surface area contributed by atoms with E-state index in [2.05, 4.69) is 9.88 Å². The van der Waals surface area contributed by atoms with Crippen LogP contribution < -0.4 is 0 Å². The topological polar surface area (TPSA) is 47.4 Å². The summed E-state index contributed by atoms with van der Waals surface area (Å²) in [5.41, 5.74) is 0. The smallest absolute Gasteiger partial charge is 0.310 e. The zero-order chi connectivity index (χ0) is 11.4. The third-order valence-corrected chi connectivity index (χ3v) is 3.04. The highest BCUT2D eigenvalue weighted by molar-refractivity contribution is 5.72. The standard InChI is InChI=1S/C11H17N3O2/c1-16-11(15)10-2-4-13(8-10)6-7-14-5-3-12-9-14/h3,5,9-10H,2,4,6-8H2,1H3. The first-order valence-electron chi connectivity index (χ1n) is 5.55. The molecule has 0 aliphatic carbocycles. The number of hydrogen-bond donors (Lipinski definition) is 0. The van der Waals surface area contributed by atoms with Gasteiger partial charge in [0.2, 0.25) is 0 Å². The lowest BCUT2D eigenvalue weighted by molar-refractivity contribution is -0.144. The molecule has 2 rings (SSSR count). The van der Waals surface area contributed by atoms with Gasteiger partial charge in [0.15, 0.2) is 0 Å². The Bertz CT molecular complexity index is 337. The van der Waals surface area contributed by atoms with Gasteiger partial charge in [0.1, 0.15) is 0 Å². The monoisotopic (exact) mass is 223 g/mol. The molecule has 0 saturated carbocycles. The third-order valence-electron chi connectivity index (χ3n) is 3.04. The molecule has 5 heteroatoms. The van der Waals surface area contributed by atoms with Crippen molar-refractivity contribution in [3.8, 4) is 0 Å². The van der Waals surface area contributed by atoms with E-state index >= 15 is 0 Å². The van der Waals surface area contributed by atoms with Crippen molar-refractivity contribution in [2.24, 2.45) is 5.92 Å². The number of carbonyl (C=O) groups is 1. The van der Waals surface area contributed by atoms with E-state index in [4.69, 9.17) is 4.74 Å². The molecule has 88 valence electrons. The van der Waals surface area contributed by atoms with Crippen LogP contribution in [-0.2, 0) is 16.1 Å². The fraction of sp³-hybridized carbons (Fsp3) is 0.636. The van der Waals surface area contributed by atoms with Gasteiger partial charge in [-0.3, -0.25) is 4.79 Å². The molecule has 1 aliphatic rings. The summed E-state index contributed by atoms with van der Waals surface area (Å²) < 4.78 is 6.80. The number of nitrogens with zero attached hydrogens (tertiary/aromatic N) is 3. The molecule has 0 bridgehead atoms. The van der Waals surface area contributed by atoms with Gasteiger partial charge in [-0.25, -0.2) is 4.98 Å². The second-order valence-electron chi connectivity index (χ2n) is 4.11. The van der Waals surface area contributed by atoms with Gasteiger partial charge in [-0.05, 0) is 13.0 Å². The van der Waals surface area contributed by atoms with Crippen molar-refractivity contribution in [3.05, 3.63) is 18.7 Å². The van der Waals surface area contributed by atoms with Gasteiger partial charge < -0.3 is 14.2 Å². The van der Waals surface area contributed by atoms with Crippen LogP contribution in [0.15, 0.2) is 18.7 Å². The summed E-state index contributed by atoms with van der Waals surface area (Å²) in [6.07, 6.45) is 6.46. The van der Waals surface area contributed by atoms with Gasteiger partial charge >= 0.3 is 5.97 Å². The normalized spacial score (nSPS) is 21.2. The SMILES string of the molecule is COC(=O)C1CCN(CCn2ccnc2)C1. The van der Waals surface area contributed by atoms with Crippen LogP contribution in [0.25, 0.3) is 0 Å². The Balaban J connectivity index is 1.75. The summed E-state index contributed by atoms with van der Waals surface area (Å²) in [6.45, 7) is 3.69. The second kappa shape index (κ2) is 5.12. The molecule has 1 fully saturated rings. The zero-order valence-corrected chi connectivity index (χ0v) is 9.50. The fourth-order valence-corrected chi connectivity index (χ4v) is 2.07. The Kier molecular flexibility index (Phi) is 3.56. The predicted molar refractivity (Wildman–Crippen MR) is 58.8 cm³/mol. The Hall–Kier alpha value is -1.36. The zero-order valence-electron chi connectivity index (χ0n) is 9.50. The number of imidazole rings is 1. The minimum absolute atomic E-state index is 0.0628. The molecule has 16 heavy (non-hydrogen) atoms. The molecule has 0 spiro atoms. The Labute approximate surface area is 95.0 Å². The lowest BCUT2D eigenvalue weighted by Crippen LogP contribution is -2.27. The maximum atomic E-state index is 11.3. The van der Waals surface area contributed by atoms with Crippen molar-refractivity contribution in [2.75, 3.05) is 26.7 Å². The van der Waals surface area contributed by atoms with Gasteiger partial charge in [0.25, 0.3) is 0 Å². The van der Waals surface area contributed by atoms with E-state index in [0.29, 0.717) is 0 Å². The van der Waals surface area contributed by atoms with Crippen LogP contribution in [0.4, 0.5) is 0 Å². The third kappa shape index (κ3) is 2.61. The predicted octanol–water partition coefficient (Wildman–Crippen LogP) is 0.378. The number of likely N-dealkylation sites (tertiary alicyclic amines) is 1. The van der Waals surface area contributed by atoms with Gasteiger partial charge in [0, 0.05) is 32.0 Å². The van der Waals surface area contributed by atoms with Gasteiger partial charge in [0.05, 0.1) is 19.4 Å². The average molecular weight is 223 g/mol. The van der Waals surface area contributed by atoms with Crippen LogP contribution in [0.3, 0.4) is 0 Å². The quantitative estimate of drug-likeness (QED) is 0.692. The highest BCUT2D eigenvalue weighted by atomic mass is 16.5. The molecule has 2 heterocycles. The van der Waals surface area contributed by atoms with Crippen molar-refractivity contribution in [3.63, 3.8) is 0 Å². The summed E-state index contributed by atoms with van der Waals surface area (Å²) in [7, 11) is 1.45. The van der Waals surface area contributed by atoms with Crippen LogP contribution in [0, 0.1) is 5.92 Å². The molecule has 5 nitrogen and oxygen atoms in total. The molecular weight excluding hydrogens is 206 g/mol. The first-order chi connectivity index (χ1) is 7.79. The number of esters is 1. The lowest BCUT2D eigenvalue weighted by Gasteiger charge is -2.15. The van der Waals surface area contributed by atoms with E-state index in [9.17, 15) is 4.79 Å². The molecular formula is C11H17N3O2. The molecule has 0 amide bonds. The minimum Gasteiger partial charge on any atom is -0.469 e. The van der Waals surface area contributed by atoms with Crippen molar-refractivity contribution < 1.29 is 9.53 Å². The maximum absolute atomic E-state index is 11.3. The Morgan fingerprint density at radius 2 is 2.44 bits per heavy atom. The summed E-state index contributed by atoms with van der Waals surface area (Å²) in [5.74, 6) is -0.0158. The van der Waals surface area contributed by atoms with E-state index in [-0.39, 0.29) is 11.9 Å². The molecule has 0 aromatic carbocycles. The molecule has 1 saturated heterocycles. The van der Waals surface area contributed by atoms with E-state index < -0.39 is 0 Å². The summed E-state index contributed by atoms with van der Waals surface area (Å²) >= 11 is 0. The number of rotatable bonds is 4. The Morgan fingerprint density at radius 1 is 1.56 bits per heavy atom. The van der Waals surface area contributed by atoms with Gasteiger partial charge in [-0.15, -0.1) is 0 Å². The van der Waals surface area contributed by atoms with E-state index in [0.717, 1.165) is 32.6 Å². The van der Waals surface area contributed by atoms with Crippen molar-refractivity contribution in [1.82, 2.24) is 14.5 Å². The van der Waals surface area contributed by atoms with Crippen LogP contribution in [-0.4, -0.2) is 47.2 Å². The van der Waals surface area contributed by atoms with Crippen molar-refractivity contribution in [1.29, 1.82) is 0 Å². The molecule has 1 aliphatic heterocycles. The number of ether oxygens (including phenoxy) is 1. The van der Waals surface area contributed by atoms with Gasteiger partial charge in [-0.2, -0.15) is 0 Å². The van der Waals surface area contributed by atoms with Crippen molar-refractivity contribution in [2.45, 2.75) is 13.0 Å². The fourth-order valence-electron chi connectivity index (χ4n) is 2.07. The van der Waals surface area contributed by atoms with Crippen LogP contribution in [0.2, 0.25) is 0 Å². The number of carbonyl (C=O) groups excluding carboxylic acids is 1. The number of methoxy groups -OCH3 is 1. The van der Waals surface area contributed by atoms with Crippen molar-refractivity contribution >= 4 is 5.97 Å². The highest BCUT2D eigenvalue weighted by Crippen LogP contribution is 2.17. The van der Waals surface area contributed by atoms with E-state index in [1.165, 1.54) is 7.11 Å². The summed E-state index contributed by atoms with van der Waals surface area (Å²) in [4.78, 5) is 17.6. The van der Waals surface area contributed by atoms with E-state index in [1.807, 2.05) is 17.1 Å². The number of hydrogen-bond acceptors (Lipinski definition) is 4. The van der Waals surface area contributed by atoms with Crippen LogP contribution >= 0.6 is 0 Å². The molecule has 0 radical (unpaired) electrons. The first-order valence-corrected chi connectivity index (χ1v) is 5.55. The van der Waals surface area contributed by atoms with E-state index in [1.54, 1.807) is 6.20 Å².